The van der Waals surface area contributed by atoms with Gasteiger partial charge in [-0.2, -0.15) is 0 Å². The quantitative estimate of drug-likeness (QED) is 0.244. The number of carbonyl (C=O) groups is 1. The number of carboxylic acid groups (broad SMARTS) is 1. The SMILES string of the molecule is O=C([O-])COCC(O)COC(COCCCc1ccccc1)COc1ccccc1.[Na+]. The molecule has 2 unspecified atom stereocenters. The van der Waals surface area contributed by atoms with Gasteiger partial charge in [0.15, 0.2) is 0 Å². The maximum Gasteiger partial charge on any atom is 1.00 e. The average molecular weight is 440 g/mol. The van der Waals surface area contributed by atoms with E-state index in [-0.39, 0.29) is 49.4 Å². The molecule has 0 bridgehead atoms. The normalized spacial score (nSPS) is 12.5. The number of benzene rings is 2. The van der Waals surface area contributed by atoms with Crippen LogP contribution in [0.3, 0.4) is 0 Å². The number of carboxylic acids is 1. The van der Waals surface area contributed by atoms with E-state index in [0.717, 1.165) is 12.8 Å². The van der Waals surface area contributed by atoms with Crippen LogP contribution < -0.4 is 39.4 Å². The summed E-state index contributed by atoms with van der Waals surface area (Å²) in [5.41, 5.74) is 1.26. The third kappa shape index (κ3) is 13.5. The van der Waals surface area contributed by atoms with E-state index in [4.69, 9.17) is 18.9 Å². The number of ether oxygens (including phenoxy) is 4. The Morgan fingerprint density at radius 2 is 1.58 bits per heavy atom. The monoisotopic (exact) mass is 440 g/mol. The number of aliphatic hydroxyl groups is 1. The topological polar surface area (TPSA) is 97.3 Å². The van der Waals surface area contributed by atoms with Crippen LogP contribution in [0.15, 0.2) is 60.7 Å². The Kier molecular flexibility index (Phi) is 15.3. The van der Waals surface area contributed by atoms with Gasteiger partial charge in [-0.1, -0.05) is 48.5 Å². The Labute approximate surface area is 205 Å². The number of aryl methyl sites for hydroxylation is 1. The van der Waals surface area contributed by atoms with Crippen LogP contribution in [0.5, 0.6) is 5.75 Å². The van der Waals surface area contributed by atoms with Crippen molar-refractivity contribution in [1.82, 2.24) is 0 Å². The molecular weight excluding hydrogens is 411 g/mol. The van der Waals surface area contributed by atoms with E-state index in [9.17, 15) is 15.0 Å². The van der Waals surface area contributed by atoms with Gasteiger partial charge in [0.2, 0.25) is 0 Å². The second-order valence-electron chi connectivity index (χ2n) is 6.78. The zero-order valence-corrected chi connectivity index (χ0v) is 20.0. The smallest absolute Gasteiger partial charge is 0.548 e. The van der Waals surface area contributed by atoms with Crippen molar-refractivity contribution in [3.05, 3.63) is 66.2 Å². The summed E-state index contributed by atoms with van der Waals surface area (Å²) < 4.78 is 22.0. The first-order valence-electron chi connectivity index (χ1n) is 10.00. The van der Waals surface area contributed by atoms with Crippen molar-refractivity contribution in [1.29, 1.82) is 0 Å². The zero-order chi connectivity index (χ0) is 21.4. The number of carbonyl (C=O) groups excluding carboxylic acids is 1. The van der Waals surface area contributed by atoms with Gasteiger partial charge in [0.25, 0.3) is 0 Å². The first-order valence-corrected chi connectivity index (χ1v) is 10.00. The average Bonchev–Trinajstić information content (AvgIpc) is 2.76. The van der Waals surface area contributed by atoms with Crippen LogP contribution in [0.4, 0.5) is 0 Å². The summed E-state index contributed by atoms with van der Waals surface area (Å²) in [6.45, 7) is 0.407. The van der Waals surface area contributed by atoms with Crippen LogP contribution in [-0.4, -0.2) is 62.9 Å². The Hall–Kier alpha value is -1.45. The summed E-state index contributed by atoms with van der Waals surface area (Å²) in [4.78, 5) is 10.3. The molecule has 0 aliphatic carbocycles. The number of hydrogen-bond acceptors (Lipinski definition) is 7. The molecule has 0 aliphatic heterocycles. The summed E-state index contributed by atoms with van der Waals surface area (Å²) in [7, 11) is 0. The molecular formula is C23H29NaO7. The largest absolute Gasteiger partial charge is 1.00 e. The van der Waals surface area contributed by atoms with Crippen LogP contribution in [0.25, 0.3) is 0 Å². The molecule has 2 atom stereocenters. The first-order chi connectivity index (χ1) is 14.6. The molecule has 2 aromatic carbocycles. The van der Waals surface area contributed by atoms with Crippen molar-refractivity contribution in [2.75, 3.05) is 39.6 Å². The molecule has 0 amide bonds. The third-order valence-electron chi connectivity index (χ3n) is 4.13. The Balaban J connectivity index is 0.00000480. The molecule has 2 aromatic rings. The fraction of sp³-hybridized carbons (Fsp3) is 0.435. The fourth-order valence-electron chi connectivity index (χ4n) is 2.66. The number of aliphatic hydroxyl groups excluding tert-OH is 1. The van der Waals surface area contributed by atoms with E-state index in [1.54, 1.807) is 0 Å². The van der Waals surface area contributed by atoms with Gasteiger partial charge in [0.05, 0.1) is 32.4 Å². The molecule has 0 radical (unpaired) electrons. The molecule has 7 nitrogen and oxygen atoms in total. The van der Waals surface area contributed by atoms with Crippen LogP contribution >= 0.6 is 0 Å². The van der Waals surface area contributed by atoms with E-state index < -0.39 is 24.8 Å². The van der Waals surface area contributed by atoms with E-state index in [1.807, 2.05) is 48.5 Å². The van der Waals surface area contributed by atoms with Gasteiger partial charge >= 0.3 is 29.6 Å². The molecule has 164 valence electrons. The minimum Gasteiger partial charge on any atom is -0.548 e. The summed E-state index contributed by atoms with van der Waals surface area (Å²) >= 11 is 0. The zero-order valence-electron chi connectivity index (χ0n) is 18.0. The summed E-state index contributed by atoms with van der Waals surface area (Å²) in [6, 6.07) is 19.6. The van der Waals surface area contributed by atoms with Crippen molar-refractivity contribution in [2.24, 2.45) is 0 Å². The van der Waals surface area contributed by atoms with Gasteiger partial charge in [-0.15, -0.1) is 0 Å². The Bertz CT molecular complexity index is 700. The van der Waals surface area contributed by atoms with E-state index in [1.165, 1.54) is 5.56 Å². The molecule has 0 aliphatic rings. The van der Waals surface area contributed by atoms with Gasteiger partial charge in [0, 0.05) is 6.61 Å². The molecule has 0 heterocycles. The summed E-state index contributed by atoms with van der Waals surface area (Å²) in [5.74, 6) is -0.617. The Morgan fingerprint density at radius 1 is 0.903 bits per heavy atom. The number of para-hydroxylation sites is 1. The van der Waals surface area contributed by atoms with Gasteiger partial charge in [-0.25, -0.2) is 0 Å². The van der Waals surface area contributed by atoms with Crippen molar-refractivity contribution in [2.45, 2.75) is 25.0 Å². The number of rotatable bonds is 16. The molecule has 1 N–H and O–H groups in total. The molecule has 0 saturated carbocycles. The molecule has 0 spiro atoms. The minimum absolute atomic E-state index is 0. The minimum atomic E-state index is -1.33. The van der Waals surface area contributed by atoms with E-state index in [2.05, 4.69) is 12.1 Å². The van der Waals surface area contributed by atoms with Gasteiger partial charge in [-0.3, -0.25) is 0 Å². The van der Waals surface area contributed by atoms with Crippen molar-refractivity contribution in [3.8, 4) is 5.75 Å². The molecule has 0 aromatic heterocycles. The molecule has 0 saturated heterocycles. The fourth-order valence-corrected chi connectivity index (χ4v) is 2.66. The van der Waals surface area contributed by atoms with E-state index in [0.29, 0.717) is 19.0 Å². The van der Waals surface area contributed by atoms with Crippen molar-refractivity contribution < 1.29 is 63.5 Å². The second-order valence-corrected chi connectivity index (χ2v) is 6.78. The number of hydrogen-bond donors (Lipinski definition) is 1. The maximum absolute atomic E-state index is 10.3. The van der Waals surface area contributed by atoms with Crippen LogP contribution in [-0.2, 0) is 25.4 Å². The second kappa shape index (κ2) is 17.1. The molecule has 2 rings (SSSR count). The van der Waals surface area contributed by atoms with Crippen LogP contribution in [0.1, 0.15) is 12.0 Å². The maximum atomic E-state index is 10.3. The van der Waals surface area contributed by atoms with Gasteiger partial charge in [0.1, 0.15) is 24.6 Å². The van der Waals surface area contributed by atoms with Crippen molar-refractivity contribution in [3.63, 3.8) is 0 Å². The standard InChI is InChI=1S/C23H30O7.Na/c24-20(14-28-18-23(25)26)15-29-22(17-30-21-11-5-2-6-12-21)16-27-13-7-10-19-8-3-1-4-9-19;/h1-6,8-9,11-12,20,22,24H,7,10,13-18H2,(H,25,26);/q;+1/p-1. The first kappa shape index (κ1) is 27.6. The number of aliphatic carboxylic acids is 1. The summed E-state index contributed by atoms with van der Waals surface area (Å²) in [6.07, 6.45) is 0.469. The third-order valence-corrected chi connectivity index (χ3v) is 4.13. The van der Waals surface area contributed by atoms with Gasteiger partial charge < -0.3 is 34.0 Å². The van der Waals surface area contributed by atoms with Crippen LogP contribution in [0.2, 0.25) is 0 Å². The molecule has 8 heteroatoms. The molecule has 0 fully saturated rings. The molecule has 31 heavy (non-hydrogen) atoms. The summed E-state index contributed by atoms with van der Waals surface area (Å²) in [5, 5.41) is 20.2. The van der Waals surface area contributed by atoms with Gasteiger partial charge in [-0.05, 0) is 30.5 Å². The van der Waals surface area contributed by atoms with Crippen molar-refractivity contribution >= 4 is 5.97 Å². The predicted octanol–water partition coefficient (Wildman–Crippen LogP) is -1.77. The Morgan fingerprint density at radius 3 is 2.26 bits per heavy atom. The predicted molar refractivity (Wildman–Crippen MR) is 109 cm³/mol. The van der Waals surface area contributed by atoms with E-state index >= 15 is 0 Å². The van der Waals surface area contributed by atoms with Crippen LogP contribution in [0, 0.1) is 0 Å².